The van der Waals surface area contributed by atoms with Crippen molar-refractivity contribution in [1.82, 2.24) is 0 Å². The lowest BCUT2D eigenvalue weighted by atomic mass is 9.66. The molecule has 0 spiro atoms. The van der Waals surface area contributed by atoms with E-state index in [1.54, 1.807) is 0 Å². The van der Waals surface area contributed by atoms with Gasteiger partial charge in [-0.25, -0.2) is 0 Å². The molecule has 3 saturated carbocycles. The van der Waals surface area contributed by atoms with Crippen LogP contribution in [0.3, 0.4) is 0 Å². The van der Waals surface area contributed by atoms with E-state index < -0.39 is 17.3 Å². The van der Waals surface area contributed by atoms with Crippen LogP contribution in [0.2, 0.25) is 0 Å². The molecule has 3 aliphatic carbocycles. The Morgan fingerprint density at radius 1 is 1.00 bits per heavy atom. The van der Waals surface area contributed by atoms with Crippen LogP contribution in [0, 0.1) is 22.7 Å². The molecule has 3 rings (SSSR count). The summed E-state index contributed by atoms with van der Waals surface area (Å²) in [6.45, 7) is 8.50. The van der Waals surface area contributed by atoms with E-state index in [4.69, 9.17) is 0 Å². The van der Waals surface area contributed by atoms with E-state index in [-0.39, 0.29) is 22.7 Å². The molecule has 0 radical (unpaired) electrons. The van der Waals surface area contributed by atoms with Crippen molar-refractivity contribution in [2.45, 2.75) is 70.7 Å². The van der Waals surface area contributed by atoms with Crippen molar-refractivity contribution in [2.24, 2.45) is 22.7 Å². The van der Waals surface area contributed by atoms with Gasteiger partial charge in [0.2, 0.25) is 0 Å². The molecule has 3 N–H and O–H groups in total. The van der Waals surface area contributed by atoms with Gasteiger partial charge < -0.3 is 15.3 Å². The molecular formula is C15H26O3. The normalized spacial score (nSPS) is 61.8. The average Bonchev–Trinajstić information content (AvgIpc) is 2.57. The van der Waals surface area contributed by atoms with E-state index in [1.807, 2.05) is 6.92 Å². The first-order valence-electron chi connectivity index (χ1n) is 7.17. The van der Waals surface area contributed by atoms with E-state index >= 15 is 0 Å². The maximum absolute atomic E-state index is 11.0. The molecule has 18 heavy (non-hydrogen) atoms. The molecule has 0 aromatic carbocycles. The standard InChI is InChI=1S/C15H26O3/c1-9-10(16)5-15(18)8-14(17)7-12(2,3)6-11(14)13(9,15)4/h9-11,16-18H,5-8H2,1-4H3/t9-,10+,11-,13-,14-,15-/m1/s1. The smallest absolute Gasteiger partial charge is 0.0760 e. The van der Waals surface area contributed by atoms with Crippen LogP contribution in [-0.4, -0.2) is 32.6 Å². The molecule has 3 nitrogen and oxygen atoms in total. The Morgan fingerprint density at radius 3 is 2.22 bits per heavy atom. The van der Waals surface area contributed by atoms with Crippen molar-refractivity contribution in [3.8, 4) is 0 Å². The molecule has 3 heteroatoms. The third-order valence-electron chi connectivity index (χ3n) is 6.59. The molecule has 6 atom stereocenters. The fraction of sp³-hybridized carbons (Fsp3) is 1.00. The van der Waals surface area contributed by atoms with Crippen molar-refractivity contribution in [2.75, 3.05) is 0 Å². The third kappa shape index (κ3) is 1.26. The topological polar surface area (TPSA) is 60.7 Å². The lowest BCUT2D eigenvalue weighted by Crippen LogP contribution is -2.44. The summed E-state index contributed by atoms with van der Waals surface area (Å²) < 4.78 is 0. The monoisotopic (exact) mass is 254 g/mol. The highest BCUT2D eigenvalue weighted by Gasteiger charge is 2.75. The van der Waals surface area contributed by atoms with Gasteiger partial charge in [0.25, 0.3) is 0 Å². The molecule has 3 aliphatic rings. The minimum Gasteiger partial charge on any atom is -0.393 e. The number of hydrogen-bond acceptors (Lipinski definition) is 3. The van der Waals surface area contributed by atoms with Crippen LogP contribution >= 0.6 is 0 Å². The van der Waals surface area contributed by atoms with Gasteiger partial charge in [-0.3, -0.25) is 0 Å². The fourth-order valence-corrected chi connectivity index (χ4v) is 5.70. The quantitative estimate of drug-likeness (QED) is 0.616. The van der Waals surface area contributed by atoms with E-state index in [0.29, 0.717) is 12.8 Å². The predicted molar refractivity (Wildman–Crippen MR) is 68.9 cm³/mol. The molecule has 0 amide bonds. The number of aliphatic hydroxyl groups excluding tert-OH is 1. The molecule has 3 fully saturated rings. The van der Waals surface area contributed by atoms with Crippen molar-refractivity contribution < 1.29 is 15.3 Å². The third-order valence-corrected chi connectivity index (χ3v) is 6.59. The molecular weight excluding hydrogens is 228 g/mol. The molecule has 0 aliphatic heterocycles. The number of aliphatic hydroxyl groups is 3. The predicted octanol–water partition coefficient (Wildman–Crippen LogP) is 1.70. The van der Waals surface area contributed by atoms with Crippen LogP contribution in [0.15, 0.2) is 0 Å². The summed E-state index contributed by atoms with van der Waals surface area (Å²) in [5, 5.41) is 32.0. The summed E-state index contributed by atoms with van der Waals surface area (Å²) in [6.07, 6.45) is 2.13. The van der Waals surface area contributed by atoms with Gasteiger partial charge in [0, 0.05) is 18.3 Å². The second kappa shape index (κ2) is 3.13. The Bertz CT molecular complexity index is 393. The number of rotatable bonds is 0. The largest absolute Gasteiger partial charge is 0.393 e. The van der Waals surface area contributed by atoms with Gasteiger partial charge in [0.15, 0.2) is 0 Å². The van der Waals surface area contributed by atoms with Gasteiger partial charge in [-0.05, 0) is 30.1 Å². The molecule has 0 saturated heterocycles. The molecule has 0 bridgehead atoms. The zero-order valence-corrected chi connectivity index (χ0v) is 11.9. The highest BCUT2D eigenvalue weighted by Crippen LogP contribution is 2.71. The fourth-order valence-electron chi connectivity index (χ4n) is 5.70. The van der Waals surface area contributed by atoms with E-state index in [9.17, 15) is 15.3 Å². The van der Waals surface area contributed by atoms with Crippen LogP contribution in [0.25, 0.3) is 0 Å². The Balaban J connectivity index is 2.07. The summed E-state index contributed by atoms with van der Waals surface area (Å²) >= 11 is 0. The summed E-state index contributed by atoms with van der Waals surface area (Å²) in [5.74, 6) is 0.160. The summed E-state index contributed by atoms with van der Waals surface area (Å²) in [6, 6.07) is 0. The minimum absolute atomic E-state index is 0.0513. The van der Waals surface area contributed by atoms with Crippen LogP contribution < -0.4 is 0 Å². The van der Waals surface area contributed by atoms with Crippen LogP contribution in [0.5, 0.6) is 0 Å². The zero-order chi connectivity index (χ0) is 13.6. The minimum atomic E-state index is -0.887. The lowest BCUT2D eigenvalue weighted by molar-refractivity contribution is -0.0642. The Labute approximate surface area is 109 Å². The van der Waals surface area contributed by atoms with E-state index in [0.717, 1.165) is 12.8 Å². The Morgan fingerprint density at radius 2 is 1.61 bits per heavy atom. The molecule has 0 unspecified atom stereocenters. The average molecular weight is 254 g/mol. The van der Waals surface area contributed by atoms with Gasteiger partial charge in [0.1, 0.15) is 0 Å². The first-order chi connectivity index (χ1) is 8.04. The number of fused-ring (bicyclic) bond motifs is 3. The van der Waals surface area contributed by atoms with Gasteiger partial charge in [-0.1, -0.05) is 27.7 Å². The van der Waals surface area contributed by atoms with Crippen molar-refractivity contribution in [1.29, 1.82) is 0 Å². The van der Waals surface area contributed by atoms with Crippen molar-refractivity contribution >= 4 is 0 Å². The van der Waals surface area contributed by atoms with Gasteiger partial charge in [-0.15, -0.1) is 0 Å². The molecule has 0 heterocycles. The van der Waals surface area contributed by atoms with Crippen LogP contribution in [0.1, 0.15) is 53.4 Å². The highest BCUT2D eigenvalue weighted by atomic mass is 16.3. The molecule has 0 aromatic heterocycles. The SMILES string of the molecule is C[C@@H]1[C@@H](O)C[C@@]2(O)C[C@]3(O)CC(C)(C)C[C@@H]3[C@@]12C. The van der Waals surface area contributed by atoms with Crippen LogP contribution in [0.4, 0.5) is 0 Å². The van der Waals surface area contributed by atoms with Gasteiger partial charge in [0.05, 0.1) is 17.3 Å². The van der Waals surface area contributed by atoms with Gasteiger partial charge >= 0.3 is 0 Å². The summed E-state index contributed by atoms with van der Waals surface area (Å²) in [5.41, 5.74) is -1.84. The van der Waals surface area contributed by atoms with Crippen molar-refractivity contribution in [3.05, 3.63) is 0 Å². The Kier molecular flexibility index (Phi) is 2.24. The molecule has 0 aromatic rings. The van der Waals surface area contributed by atoms with Crippen LogP contribution in [-0.2, 0) is 0 Å². The van der Waals surface area contributed by atoms with E-state index in [1.165, 1.54) is 0 Å². The second-order valence-electron chi connectivity index (χ2n) is 8.25. The van der Waals surface area contributed by atoms with Crippen molar-refractivity contribution in [3.63, 3.8) is 0 Å². The van der Waals surface area contributed by atoms with E-state index in [2.05, 4.69) is 20.8 Å². The maximum Gasteiger partial charge on any atom is 0.0760 e. The lowest BCUT2D eigenvalue weighted by Gasteiger charge is -2.41. The Hall–Kier alpha value is -0.120. The van der Waals surface area contributed by atoms with Gasteiger partial charge in [-0.2, -0.15) is 0 Å². The second-order valence-corrected chi connectivity index (χ2v) is 8.25. The zero-order valence-electron chi connectivity index (χ0n) is 11.9. The highest BCUT2D eigenvalue weighted by molar-refractivity contribution is 5.25. The molecule has 104 valence electrons. The number of hydrogen-bond donors (Lipinski definition) is 3. The summed E-state index contributed by atoms with van der Waals surface area (Å²) in [4.78, 5) is 0. The first-order valence-corrected chi connectivity index (χ1v) is 7.17. The maximum atomic E-state index is 11.0. The first kappa shape index (κ1) is 12.9. The summed E-state index contributed by atoms with van der Waals surface area (Å²) in [7, 11) is 0.